The Hall–Kier alpha value is -2.17. The molecule has 0 radical (unpaired) electrons. The Morgan fingerprint density at radius 2 is 1.88 bits per heavy atom. The summed E-state index contributed by atoms with van der Waals surface area (Å²) in [5.74, 6) is 0.0191. The molecule has 0 bridgehead atoms. The van der Waals surface area contributed by atoms with Gasteiger partial charge in [0.25, 0.3) is 5.91 Å². The van der Waals surface area contributed by atoms with Crippen LogP contribution in [0.2, 0.25) is 0 Å². The van der Waals surface area contributed by atoms with Crippen LogP contribution in [0.15, 0.2) is 30.3 Å². The second-order valence-corrected chi connectivity index (χ2v) is 7.32. The summed E-state index contributed by atoms with van der Waals surface area (Å²) in [4.78, 5) is 15.1. The number of likely N-dealkylation sites (tertiary alicyclic amines) is 1. The van der Waals surface area contributed by atoms with E-state index in [0.717, 1.165) is 12.2 Å². The first-order valence-electron chi connectivity index (χ1n) is 8.85. The highest BCUT2D eigenvalue weighted by Gasteiger charge is 2.55. The summed E-state index contributed by atoms with van der Waals surface area (Å²) in [6.45, 7) is 2.75. The number of carbonyl (C=O) groups excluding carboxylic acids is 1. The van der Waals surface area contributed by atoms with Crippen molar-refractivity contribution in [1.82, 2.24) is 19.9 Å². The number of nitrogens with zero attached hydrogens (tertiary/aromatic N) is 4. The van der Waals surface area contributed by atoms with Gasteiger partial charge in [-0.3, -0.25) is 9.48 Å². The zero-order valence-corrected chi connectivity index (χ0v) is 14.4. The molecule has 2 heterocycles. The SMILES string of the molecule is Cc1c(C(=O)N2CC3(CCCCC3)C2c2ccccc2)nnn1C. The molecule has 1 atom stereocenters. The number of rotatable bonds is 2. The van der Waals surface area contributed by atoms with Gasteiger partial charge in [-0.1, -0.05) is 54.8 Å². The Morgan fingerprint density at radius 3 is 2.50 bits per heavy atom. The van der Waals surface area contributed by atoms with Gasteiger partial charge < -0.3 is 4.90 Å². The molecule has 1 aromatic heterocycles. The van der Waals surface area contributed by atoms with Crippen molar-refractivity contribution in [1.29, 1.82) is 0 Å². The fourth-order valence-electron chi connectivity index (χ4n) is 4.52. The minimum Gasteiger partial charge on any atom is -0.329 e. The first-order valence-corrected chi connectivity index (χ1v) is 8.85. The van der Waals surface area contributed by atoms with E-state index in [4.69, 9.17) is 0 Å². The van der Waals surface area contributed by atoms with Gasteiger partial charge >= 0.3 is 0 Å². The van der Waals surface area contributed by atoms with Crippen molar-refractivity contribution in [2.24, 2.45) is 12.5 Å². The monoisotopic (exact) mass is 324 g/mol. The van der Waals surface area contributed by atoms with E-state index < -0.39 is 0 Å². The number of amides is 1. The van der Waals surface area contributed by atoms with Gasteiger partial charge in [0.1, 0.15) is 0 Å². The third-order valence-electron chi connectivity index (χ3n) is 5.91. The van der Waals surface area contributed by atoms with Crippen LogP contribution in [-0.4, -0.2) is 32.3 Å². The summed E-state index contributed by atoms with van der Waals surface area (Å²) in [6.07, 6.45) is 6.30. The van der Waals surface area contributed by atoms with Crippen molar-refractivity contribution in [3.8, 4) is 0 Å². The van der Waals surface area contributed by atoms with Gasteiger partial charge in [-0.2, -0.15) is 0 Å². The van der Waals surface area contributed by atoms with E-state index in [-0.39, 0.29) is 17.4 Å². The van der Waals surface area contributed by atoms with E-state index in [2.05, 4.69) is 34.6 Å². The molecule has 4 rings (SSSR count). The molecule has 5 heteroatoms. The summed E-state index contributed by atoms with van der Waals surface area (Å²) >= 11 is 0. The standard InChI is InChI=1S/C19H24N4O/c1-14-16(20-21-22(14)2)18(24)23-13-19(11-7-4-8-12-19)17(23)15-9-5-3-6-10-15/h3,5-6,9-10,17H,4,7-8,11-13H2,1-2H3. The average molecular weight is 324 g/mol. The van der Waals surface area contributed by atoms with Crippen molar-refractivity contribution in [2.75, 3.05) is 6.54 Å². The molecule has 1 aliphatic heterocycles. The van der Waals surface area contributed by atoms with Crippen LogP contribution >= 0.6 is 0 Å². The lowest BCUT2D eigenvalue weighted by Crippen LogP contribution is -2.61. The number of hydrogen-bond acceptors (Lipinski definition) is 3. The third kappa shape index (κ3) is 2.26. The lowest BCUT2D eigenvalue weighted by atomic mass is 9.61. The predicted octanol–water partition coefficient (Wildman–Crippen LogP) is 3.27. The smallest absolute Gasteiger partial charge is 0.276 e. The van der Waals surface area contributed by atoms with Gasteiger partial charge in [0.05, 0.1) is 11.7 Å². The molecule has 1 aromatic carbocycles. The van der Waals surface area contributed by atoms with Crippen molar-refractivity contribution in [3.05, 3.63) is 47.3 Å². The van der Waals surface area contributed by atoms with Gasteiger partial charge in [0, 0.05) is 19.0 Å². The quantitative estimate of drug-likeness (QED) is 0.852. The second-order valence-electron chi connectivity index (χ2n) is 7.32. The van der Waals surface area contributed by atoms with Crippen LogP contribution in [-0.2, 0) is 7.05 Å². The molecular formula is C19H24N4O. The maximum Gasteiger partial charge on any atom is 0.276 e. The Labute approximate surface area is 142 Å². The average Bonchev–Trinajstić information content (AvgIpc) is 2.93. The number of aryl methyl sites for hydroxylation is 1. The fourth-order valence-corrected chi connectivity index (χ4v) is 4.52. The molecule has 126 valence electrons. The van der Waals surface area contributed by atoms with Gasteiger partial charge in [0.15, 0.2) is 5.69 Å². The first kappa shape index (κ1) is 15.4. The molecule has 1 aliphatic carbocycles. The van der Waals surface area contributed by atoms with E-state index in [1.54, 1.807) is 4.68 Å². The van der Waals surface area contributed by atoms with E-state index in [9.17, 15) is 4.79 Å². The van der Waals surface area contributed by atoms with Crippen LogP contribution < -0.4 is 0 Å². The second kappa shape index (κ2) is 5.72. The lowest BCUT2D eigenvalue weighted by molar-refractivity contribution is -0.0773. The van der Waals surface area contributed by atoms with E-state index in [0.29, 0.717) is 5.69 Å². The first-order chi connectivity index (χ1) is 11.6. The Balaban J connectivity index is 1.68. The van der Waals surface area contributed by atoms with Gasteiger partial charge in [-0.25, -0.2) is 0 Å². The molecule has 0 N–H and O–H groups in total. The highest BCUT2D eigenvalue weighted by molar-refractivity contribution is 5.94. The molecule has 5 nitrogen and oxygen atoms in total. The molecule has 1 amide bonds. The van der Waals surface area contributed by atoms with E-state index >= 15 is 0 Å². The molecule has 1 unspecified atom stereocenters. The van der Waals surface area contributed by atoms with Crippen LogP contribution in [0.4, 0.5) is 0 Å². The lowest BCUT2D eigenvalue weighted by Gasteiger charge is -2.59. The number of benzene rings is 1. The summed E-state index contributed by atoms with van der Waals surface area (Å²) in [5, 5.41) is 8.10. The predicted molar refractivity (Wildman–Crippen MR) is 91.5 cm³/mol. The highest BCUT2D eigenvalue weighted by Crippen LogP contribution is 2.57. The van der Waals surface area contributed by atoms with Crippen LogP contribution in [0.5, 0.6) is 0 Å². The van der Waals surface area contributed by atoms with Crippen molar-refractivity contribution in [2.45, 2.75) is 45.1 Å². The molecule has 1 spiro atoms. The molecule has 24 heavy (non-hydrogen) atoms. The van der Waals surface area contributed by atoms with E-state index in [1.807, 2.05) is 24.9 Å². The minimum absolute atomic E-state index is 0.0191. The number of hydrogen-bond donors (Lipinski definition) is 0. The van der Waals surface area contributed by atoms with Crippen LogP contribution in [0.1, 0.15) is 59.9 Å². The Bertz CT molecular complexity index is 746. The molecule has 2 aromatic rings. The number of aromatic nitrogens is 3. The molecule has 2 fully saturated rings. The molecular weight excluding hydrogens is 300 g/mol. The fraction of sp³-hybridized carbons (Fsp3) is 0.526. The van der Waals surface area contributed by atoms with Crippen LogP contribution in [0.25, 0.3) is 0 Å². The third-order valence-corrected chi connectivity index (χ3v) is 5.91. The van der Waals surface area contributed by atoms with Gasteiger partial charge in [0.2, 0.25) is 0 Å². The zero-order chi connectivity index (χ0) is 16.7. The summed E-state index contributed by atoms with van der Waals surface area (Å²) in [7, 11) is 1.83. The topological polar surface area (TPSA) is 51.0 Å². The number of carbonyl (C=O) groups is 1. The van der Waals surface area contributed by atoms with Gasteiger partial charge in [-0.05, 0) is 25.3 Å². The molecule has 2 aliphatic rings. The Kier molecular flexibility index (Phi) is 3.66. The maximum absolute atomic E-state index is 13.1. The maximum atomic E-state index is 13.1. The minimum atomic E-state index is 0.0191. The van der Waals surface area contributed by atoms with Gasteiger partial charge in [-0.15, -0.1) is 5.10 Å². The van der Waals surface area contributed by atoms with Crippen LogP contribution in [0, 0.1) is 12.3 Å². The van der Waals surface area contributed by atoms with Crippen molar-refractivity contribution >= 4 is 5.91 Å². The van der Waals surface area contributed by atoms with Crippen molar-refractivity contribution < 1.29 is 4.79 Å². The summed E-state index contributed by atoms with van der Waals surface area (Å²) in [6, 6.07) is 10.7. The highest BCUT2D eigenvalue weighted by atomic mass is 16.2. The molecule has 1 saturated carbocycles. The summed E-state index contributed by atoms with van der Waals surface area (Å²) in [5.41, 5.74) is 2.83. The largest absolute Gasteiger partial charge is 0.329 e. The normalized spacial score (nSPS) is 22.4. The van der Waals surface area contributed by atoms with Crippen LogP contribution in [0.3, 0.4) is 0 Å². The summed E-state index contributed by atoms with van der Waals surface area (Å²) < 4.78 is 1.67. The molecule has 1 saturated heterocycles. The zero-order valence-electron chi connectivity index (χ0n) is 14.4. The Morgan fingerprint density at radius 1 is 1.17 bits per heavy atom. The van der Waals surface area contributed by atoms with Crippen molar-refractivity contribution in [3.63, 3.8) is 0 Å². The van der Waals surface area contributed by atoms with E-state index in [1.165, 1.54) is 37.7 Å².